The summed E-state index contributed by atoms with van der Waals surface area (Å²) in [4.78, 5) is 27.1. The lowest BCUT2D eigenvalue weighted by Crippen LogP contribution is -2.36. The number of nitrogens with zero attached hydrogens (tertiary/aromatic N) is 2. The summed E-state index contributed by atoms with van der Waals surface area (Å²) in [7, 11) is 0. The van der Waals surface area contributed by atoms with Crippen LogP contribution in [-0.4, -0.2) is 47.3 Å². The summed E-state index contributed by atoms with van der Waals surface area (Å²) in [6.07, 6.45) is -0.300. The summed E-state index contributed by atoms with van der Waals surface area (Å²) in [5.41, 5.74) is 3.73. The second-order valence-electron chi connectivity index (χ2n) is 8.96. The second-order valence-corrected chi connectivity index (χ2v) is 8.96. The highest BCUT2D eigenvalue weighted by molar-refractivity contribution is 5.98. The zero-order chi connectivity index (χ0) is 20.9. The van der Waals surface area contributed by atoms with E-state index in [0.717, 1.165) is 28.1 Å². The van der Waals surface area contributed by atoms with Gasteiger partial charge in [0.1, 0.15) is 11.4 Å². The normalized spacial score (nSPS) is 21.3. The van der Waals surface area contributed by atoms with Crippen molar-refractivity contribution in [2.75, 3.05) is 19.6 Å². The highest BCUT2D eigenvalue weighted by atomic mass is 16.6. The SMILES string of the molecule is Cc1noc(C)c1-c1ccc2c(c1)C(=O)NCC1CN(C(=O)OC(C)(C)C)CC21. The van der Waals surface area contributed by atoms with E-state index in [2.05, 4.69) is 10.5 Å². The molecule has 0 bridgehead atoms. The highest BCUT2D eigenvalue weighted by Gasteiger charge is 2.41. The van der Waals surface area contributed by atoms with Crippen LogP contribution in [-0.2, 0) is 4.74 Å². The molecule has 1 saturated heterocycles. The number of nitrogens with one attached hydrogen (secondary N) is 1. The Bertz CT molecular complexity index is 953. The maximum Gasteiger partial charge on any atom is 0.410 e. The third-order valence-corrected chi connectivity index (χ3v) is 5.64. The van der Waals surface area contributed by atoms with Crippen LogP contribution in [0.5, 0.6) is 0 Å². The minimum absolute atomic E-state index is 0.0770. The maximum absolute atomic E-state index is 12.8. The molecule has 1 aromatic carbocycles. The van der Waals surface area contributed by atoms with Crippen molar-refractivity contribution in [3.8, 4) is 11.1 Å². The summed E-state index contributed by atoms with van der Waals surface area (Å²) in [5.74, 6) is 0.908. The molecule has 2 amide bonds. The molecular weight excluding hydrogens is 370 g/mol. The Kier molecular flexibility index (Phi) is 4.63. The zero-order valence-electron chi connectivity index (χ0n) is 17.5. The standard InChI is InChI=1S/C22H27N3O4/c1-12-19(13(2)29-24-12)14-6-7-16-17(8-14)20(26)23-9-15-10-25(11-18(15)16)21(27)28-22(3,4)5/h6-8,15,18H,9-11H2,1-5H3,(H,23,26). The number of hydrogen-bond acceptors (Lipinski definition) is 5. The Labute approximate surface area is 170 Å². The molecule has 0 radical (unpaired) electrons. The van der Waals surface area contributed by atoms with E-state index in [-0.39, 0.29) is 23.8 Å². The van der Waals surface area contributed by atoms with Crippen LogP contribution >= 0.6 is 0 Å². The Morgan fingerprint density at radius 3 is 2.69 bits per heavy atom. The fraction of sp³-hybridized carbons (Fsp3) is 0.500. The van der Waals surface area contributed by atoms with Crippen LogP contribution in [0.2, 0.25) is 0 Å². The van der Waals surface area contributed by atoms with Gasteiger partial charge in [0.25, 0.3) is 5.91 Å². The molecule has 0 spiro atoms. The molecule has 2 aliphatic rings. The average Bonchev–Trinajstić information content (AvgIpc) is 3.18. The first kappa shape index (κ1) is 19.5. The minimum atomic E-state index is -0.531. The summed E-state index contributed by atoms with van der Waals surface area (Å²) in [5, 5.41) is 7.05. The smallest absolute Gasteiger partial charge is 0.410 e. The molecule has 7 heteroatoms. The van der Waals surface area contributed by atoms with Crippen LogP contribution in [0.15, 0.2) is 22.7 Å². The molecular formula is C22H27N3O4. The fourth-order valence-electron chi connectivity index (χ4n) is 4.35. The molecule has 154 valence electrons. The van der Waals surface area contributed by atoms with E-state index >= 15 is 0 Å². The van der Waals surface area contributed by atoms with E-state index in [1.165, 1.54) is 0 Å². The monoisotopic (exact) mass is 397 g/mol. The van der Waals surface area contributed by atoms with Crippen LogP contribution in [0.1, 0.15) is 54.1 Å². The first-order valence-electron chi connectivity index (χ1n) is 9.97. The van der Waals surface area contributed by atoms with Crippen molar-refractivity contribution >= 4 is 12.0 Å². The fourth-order valence-corrected chi connectivity index (χ4v) is 4.35. The number of amides is 2. The van der Waals surface area contributed by atoms with Crippen molar-refractivity contribution in [1.82, 2.24) is 15.4 Å². The molecule has 7 nitrogen and oxygen atoms in total. The van der Waals surface area contributed by atoms with Crippen molar-refractivity contribution in [3.05, 3.63) is 40.8 Å². The predicted octanol–water partition coefficient (Wildman–Crippen LogP) is 3.65. The van der Waals surface area contributed by atoms with Gasteiger partial charge in [-0.1, -0.05) is 17.3 Å². The number of aryl methyl sites for hydroxylation is 2. The van der Waals surface area contributed by atoms with E-state index in [9.17, 15) is 9.59 Å². The van der Waals surface area contributed by atoms with Gasteiger partial charge in [0, 0.05) is 42.6 Å². The van der Waals surface area contributed by atoms with Gasteiger partial charge in [-0.3, -0.25) is 4.79 Å². The zero-order valence-corrected chi connectivity index (χ0v) is 17.5. The Balaban J connectivity index is 1.66. The van der Waals surface area contributed by atoms with Gasteiger partial charge < -0.3 is 19.5 Å². The molecule has 0 saturated carbocycles. The van der Waals surface area contributed by atoms with Crippen molar-refractivity contribution < 1.29 is 18.8 Å². The van der Waals surface area contributed by atoms with Crippen molar-refractivity contribution in [1.29, 1.82) is 0 Å². The van der Waals surface area contributed by atoms with E-state index in [4.69, 9.17) is 9.26 Å². The van der Waals surface area contributed by atoms with Gasteiger partial charge in [-0.2, -0.15) is 0 Å². The highest BCUT2D eigenvalue weighted by Crippen LogP contribution is 2.39. The number of benzene rings is 1. The molecule has 2 unspecified atom stereocenters. The van der Waals surface area contributed by atoms with Crippen molar-refractivity contribution in [2.45, 2.75) is 46.1 Å². The predicted molar refractivity (Wildman–Crippen MR) is 108 cm³/mol. The third kappa shape index (κ3) is 3.61. The third-order valence-electron chi connectivity index (χ3n) is 5.64. The number of hydrogen-bond donors (Lipinski definition) is 1. The minimum Gasteiger partial charge on any atom is -0.444 e. The van der Waals surface area contributed by atoms with Gasteiger partial charge in [-0.15, -0.1) is 0 Å². The molecule has 1 N–H and O–H groups in total. The number of fused-ring (bicyclic) bond motifs is 3. The first-order valence-corrected chi connectivity index (χ1v) is 9.97. The quantitative estimate of drug-likeness (QED) is 0.794. The number of carbonyl (C=O) groups is 2. The lowest BCUT2D eigenvalue weighted by molar-refractivity contribution is 0.0287. The van der Waals surface area contributed by atoms with Crippen LogP contribution in [0.4, 0.5) is 4.79 Å². The summed E-state index contributed by atoms with van der Waals surface area (Å²) in [6, 6.07) is 5.94. The molecule has 29 heavy (non-hydrogen) atoms. The van der Waals surface area contributed by atoms with Crippen molar-refractivity contribution in [3.63, 3.8) is 0 Å². The number of aromatic nitrogens is 1. The Morgan fingerprint density at radius 1 is 1.28 bits per heavy atom. The summed E-state index contributed by atoms with van der Waals surface area (Å²) >= 11 is 0. The molecule has 1 fully saturated rings. The number of rotatable bonds is 1. The largest absolute Gasteiger partial charge is 0.444 e. The Hall–Kier alpha value is -2.83. The maximum atomic E-state index is 12.8. The Morgan fingerprint density at radius 2 is 2.03 bits per heavy atom. The van der Waals surface area contributed by atoms with E-state index in [0.29, 0.717) is 25.2 Å². The lowest BCUT2D eigenvalue weighted by Gasteiger charge is -2.24. The molecule has 0 aliphatic carbocycles. The number of likely N-dealkylation sites (tertiary alicyclic amines) is 1. The first-order chi connectivity index (χ1) is 13.6. The summed E-state index contributed by atoms with van der Waals surface area (Å²) in [6.45, 7) is 11.0. The van der Waals surface area contributed by atoms with E-state index in [1.807, 2.05) is 52.8 Å². The molecule has 3 heterocycles. The molecule has 2 atom stereocenters. The number of carbonyl (C=O) groups excluding carboxylic acids is 2. The topological polar surface area (TPSA) is 84.7 Å². The van der Waals surface area contributed by atoms with Gasteiger partial charge in [0.2, 0.25) is 0 Å². The van der Waals surface area contributed by atoms with Crippen LogP contribution in [0, 0.1) is 19.8 Å². The lowest BCUT2D eigenvalue weighted by atomic mass is 9.86. The van der Waals surface area contributed by atoms with Gasteiger partial charge in [0.15, 0.2) is 0 Å². The van der Waals surface area contributed by atoms with Crippen LogP contribution in [0.3, 0.4) is 0 Å². The second kappa shape index (κ2) is 6.90. The van der Waals surface area contributed by atoms with Crippen molar-refractivity contribution in [2.24, 2.45) is 5.92 Å². The molecule has 2 aliphatic heterocycles. The van der Waals surface area contributed by atoms with Gasteiger partial charge in [0.05, 0.1) is 5.69 Å². The van der Waals surface area contributed by atoms with E-state index < -0.39 is 5.60 Å². The van der Waals surface area contributed by atoms with E-state index in [1.54, 1.807) is 4.90 Å². The van der Waals surface area contributed by atoms with Gasteiger partial charge in [-0.25, -0.2) is 4.79 Å². The summed E-state index contributed by atoms with van der Waals surface area (Å²) < 4.78 is 10.8. The molecule has 1 aromatic heterocycles. The molecule has 2 aromatic rings. The van der Waals surface area contributed by atoms with Gasteiger partial charge >= 0.3 is 6.09 Å². The molecule has 4 rings (SSSR count). The van der Waals surface area contributed by atoms with Crippen LogP contribution < -0.4 is 5.32 Å². The average molecular weight is 397 g/mol. The number of ether oxygens (including phenoxy) is 1. The van der Waals surface area contributed by atoms with Crippen LogP contribution in [0.25, 0.3) is 11.1 Å². The van der Waals surface area contributed by atoms with Gasteiger partial charge in [-0.05, 0) is 51.8 Å².